The van der Waals surface area contributed by atoms with E-state index in [0.29, 0.717) is 17.3 Å². The minimum absolute atomic E-state index is 0.0580. The van der Waals surface area contributed by atoms with Crippen molar-refractivity contribution in [2.45, 2.75) is 37.8 Å². The van der Waals surface area contributed by atoms with Crippen molar-refractivity contribution < 1.29 is 4.74 Å². The Labute approximate surface area is 108 Å². The molecule has 1 fully saturated rings. The van der Waals surface area contributed by atoms with Gasteiger partial charge in [-0.05, 0) is 0 Å². The second-order valence-electron chi connectivity index (χ2n) is 3.43. The molecule has 2 unspecified atom stereocenters. The van der Waals surface area contributed by atoms with Gasteiger partial charge in [0.1, 0.15) is 0 Å². The summed E-state index contributed by atoms with van der Waals surface area (Å²) in [6.07, 6.45) is 8.87. The molecular weight excluding hydrogens is 340 g/mol. The molecule has 1 saturated heterocycles. The van der Waals surface area contributed by atoms with Gasteiger partial charge >= 0.3 is 110 Å². The Hall–Kier alpha value is 1.61. The second-order valence-corrected chi connectivity index (χ2v) is 10.5. The zero-order valence-corrected chi connectivity index (χ0v) is 13.8. The summed E-state index contributed by atoms with van der Waals surface area (Å²) in [6.45, 7) is 4.36. The monoisotopic (exact) mass is 355 g/mol. The summed E-state index contributed by atoms with van der Waals surface area (Å²) in [5, 5.41) is 0.420. The zero-order chi connectivity index (χ0) is 9.19. The summed E-state index contributed by atoms with van der Waals surface area (Å²) in [6, 6.07) is 0. The van der Waals surface area contributed by atoms with E-state index in [1.165, 1.54) is 0 Å². The summed E-state index contributed by atoms with van der Waals surface area (Å²) < 4.78 is 5.90. The zero-order valence-electron chi connectivity index (χ0n) is 7.67. The van der Waals surface area contributed by atoms with Gasteiger partial charge in [0.25, 0.3) is 0 Å². The predicted octanol–water partition coefficient (Wildman–Crippen LogP) is 0.939. The molecule has 1 heterocycles. The standard InChI is InChI=1S/C9H14OSe.Ba/c1-4-7-6-9(3,5-2)8(11)10-7;/h2,7-8,11H,4,6H2,1,3H3;/q;+1/p-1/t7?,8?,9-;/m0./s1. The van der Waals surface area contributed by atoms with Crippen molar-refractivity contribution in [3.8, 4) is 12.3 Å². The van der Waals surface area contributed by atoms with E-state index in [1.807, 2.05) is 0 Å². The maximum atomic E-state index is 5.90. The van der Waals surface area contributed by atoms with Gasteiger partial charge in [0.2, 0.25) is 0 Å². The molecule has 1 radical (unpaired) electrons. The fraction of sp³-hybridized carbons (Fsp3) is 0.778. The van der Waals surface area contributed by atoms with Crippen LogP contribution >= 0.6 is 0 Å². The van der Waals surface area contributed by atoms with Crippen LogP contribution in [-0.2, 0) is 4.74 Å². The van der Waals surface area contributed by atoms with E-state index in [0.717, 1.165) is 55.9 Å². The van der Waals surface area contributed by atoms with Gasteiger partial charge in [-0.15, -0.1) is 0 Å². The van der Waals surface area contributed by atoms with Gasteiger partial charge in [-0.3, -0.25) is 0 Å². The van der Waals surface area contributed by atoms with Crippen LogP contribution in [0.2, 0.25) is 0 Å². The Bertz CT molecular complexity index is 201. The molecule has 0 bridgehead atoms. The molecule has 0 aromatic carbocycles. The van der Waals surface area contributed by atoms with Crippen molar-refractivity contribution >= 4 is 49.2 Å². The Balaban J connectivity index is 2.70. The van der Waals surface area contributed by atoms with Crippen LogP contribution in [0.4, 0.5) is 0 Å². The summed E-state index contributed by atoms with van der Waals surface area (Å²) >= 11 is 0.860. The van der Waals surface area contributed by atoms with Crippen molar-refractivity contribution in [1.82, 2.24) is 0 Å². The number of hydrogen-bond donors (Lipinski definition) is 0. The molecule has 1 rings (SSSR count). The molecule has 1 aliphatic rings. The van der Waals surface area contributed by atoms with Crippen molar-refractivity contribution in [3.05, 3.63) is 0 Å². The topological polar surface area (TPSA) is 9.23 Å². The predicted molar refractivity (Wildman–Crippen MR) is 52.0 cm³/mol. The van der Waals surface area contributed by atoms with Gasteiger partial charge in [0.05, 0.1) is 0 Å². The molecule has 1 nitrogen and oxygen atoms in total. The summed E-state index contributed by atoms with van der Waals surface area (Å²) in [5.74, 6) is 2.93. The maximum absolute atomic E-state index is 5.90. The fourth-order valence-corrected chi connectivity index (χ4v) is 10.4. The number of terminal acetylenes is 1. The first-order chi connectivity index (χ1) is 5.66. The van der Waals surface area contributed by atoms with Crippen molar-refractivity contribution in [3.63, 3.8) is 0 Å². The van der Waals surface area contributed by atoms with Gasteiger partial charge in [0.15, 0.2) is 0 Å². The van der Waals surface area contributed by atoms with Crippen molar-refractivity contribution in [1.29, 1.82) is 0 Å². The Morgan fingerprint density at radius 1 is 1.83 bits per heavy atom. The molecule has 0 aromatic rings. The van der Waals surface area contributed by atoms with E-state index >= 15 is 0 Å². The Kier molecular flexibility index (Phi) is 4.78. The van der Waals surface area contributed by atoms with Crippen molar-refractivity contribution in [2.75, 3.05) is 0 Å². The SMILES string of the molecule is C#C[C@@]1(C)CC(CC)OC1[Se][Ba]. The molecule has 12 heavy (non-hydrogen) atoms. The molecule has 0 amide bonds. The third kappa shape index (κ3) is 2.35. The summed E-state index contributed by atoms with van der Waals surface area (Å²) in [7, 11) is 0. The molecule has 3 heteroatoms. The van der Waals surface area contributed by atoms with E-state index in [4.69, 9.17) is 11.2 Å². The third-order valence-corrected chi connectivity index (χ3v) is 9.32. The van der Waals surface area contributed by atoms with E-state index < -0.39 is 0 Å². The minimum atomic E-state index is 0.0580. The first kappa shape index (κ1) is 11.7. The van der Waals surface area contributed by atoms with Crippen LogP contribution in [0.3, 0.4) is 0 Å². The Morgan fingerprint density at radius 3 is 2.83 bits per heavy atom. The van der Waals surface area contributed by atoms with Crippen LogP contribution in [0.25, 0.3) is 0 Å². The van der Waals surface area contributed by atoms with Crippen LogP contribution in [0.5, 0.6) is 0 Å². The first-order valence-corrected chi connectivity index (χ1v) is 15.8. The van der Waals surface area contributed by atoms with Crippen molar-refractivity contribution in [2.24, 2.45) is 5.41 Å². The van der Waals surface area contributed by atoms with Gasteiger partial charge in [-0.2, -0.15) is 0 Å². The number of rotatable bonds is 2. The molecule has 0 aromatic heterocycles. The van der Waals surface area contributed by atoms with E-state index in [-0.39, 0.29) is 5.41 Å². The molecule has 0 aliphatic carbocycles. The molecule has 0 N–H and O–H groups in total. The van der Waals surface area contributed by atoms with Crippen LogP contribution < -0.4 is 0 Å². The molecule has 0 spiro atoms. The molecule has 3 atom stereocenters. The molecular formula is C9H13BaOSe. The molecule has 0 saturated carbocycles. The van der Waals surface area contributed by atoms with Crippen LogP contribution in [0, 0.1) is 17.8 Å². The number of hydrogen-bond acceptors (Lipinski definition) is 1. The summed E-state index contributed by atoms with van der Waals surface area (Å²) in [5.41, 5.74) is 0.0580. The average molecular weight is 353 g/mol. The third-order valence-electron chi connectivity index (χ3n) is 2.42. The Morgan fingerprint density at radius 2 is 2.50 bits per heavy atom. The van der Waals surface area contributed by atoms with Crippen LogP contribution in [-0.4, -0.2) is 60.4 Å². The quantitative estimate of drug-likeness (QED) is 0.530. The average Bonchev–Trinajstić information content (AvgIpc) is 2.43. The second kappa shape index (κ2) is 4.91. The van der Waals surface area contributed by atoms with Gasteiger partial charge in [-0.25, -0.2) is 0 Å². The number of ether oxygens (including phenoxy) is 1. The summed E-state index contributed by atoms with van der Waals surface area (Å²) in [4.78, 5) is 0. The van der Waals surface area contributed by atoms with Gasteiger partial charge in [0, 0.05) is 0 Å². The first-order valence-electron chi connectivity index (χ1n) is 4.20. The van der Waals surface area contributed by atoms with E-state index in [9.17, 15) is 0 Å². The van der Waals surface area contributed by atoms with Gasteiger partial charge in [-0.1, -0.05) is 0 Å². The van der Waals surface area contributed by atoms with Crippen LogP contribution in [0.1, 0.15) is 26.7 Å². The molecule has 63 valence electrons. The normalized spacial score (nSPS) is 41.0. The van der Waals surface area contributed by atoms with Crippen LogP contribution in [0.15, 0.2) is 0 Å². The molecule has 1 aliphatic heterocycles. The van der Waals surface area contributed by atoms with E-state index in [1.54, 1.807) is 0 Å². The van der Waals surface area contributed by atoms with Gasteiger partial charge < -0.3 is 0 Å². The fourth-order valence-electron chi connectivity index (χ4n) is 1.53. The van der Waals surface area contributed by atoms with E-state index in [2.05, 4.69) is 19.8 Å².